The molecule has 0 atom stereocenters. The summed E-state index contributed by atoms with van der Waals surface area (Å²) in [5.74, 6) is 0. The van der Waals surface area contributed by atoms with Crippen LogP contribution in [0.4, 0.5) is 0 Å². The SMILES string of the molecule is CCOP(=O)(Cc1ccc2c(c1)CCN(C(C)C)C2)OCC. The monoisotopic (exact) mass is 325 g/mol. The predicted octanol–water partition coefficient (Wildman–Crippen LogP) is 4.22. The van der Waals surface area contributed by atoms with Gasteiger partial charge in [0.05, 0.1) is 19.4 Å². The maximum Gasteiger partial charge on any atom is 0.335 e. The molecular formula is C17H28NO3P. The molecule has 0 unspecified atom stereocenters. The lowest BCUT2D eigenvalue weighted by Gasteiger charge is -2.32. The maximum absolute atomic E-state index is 12.6. The van der Waals surface area contributed by atoms with Gasteiger partial charge in [0, 0.05) is 19.1 Å². The van der Waals surface area contributed by atoms with Gasteiger partial charge in [-0.1, -0.05) is 18.2 Å². The van der Waals surface area contributed by atoms with Crippen LogP contribution in [0.25, 0.3) is 0 Å². The standard InChI is InChI=1S/C17H28NO3P/c1-5-20-22(19,21-6-2)13-15-7-8-17-12-18(14(3)4)10-9-16(17)11-15/h7-8,11,14H,5-6,9-10,12-13H2,1-4H3. The second-order valence-electron chi connectivity index (χ2n) is 6.02. The topological polar surface area (TPSA) is 38.8 Å². The van der Waals surface area contributed by atoms with E-state index in [0.717, 1.165) is 25.1 Å². The van der Waals surface area contributed by atoms with Crippen molar-refractivity contribution >= 4 is 7.60 Å². The van der Waals surface area contributed by atoms with Crippen molar-refractivity contribution in [3.63, 3.8) is 0 Å². The molecule has 0 aromatic heterocycles. The molecule has 1 aromatic carbocycles. The molecule has 0 saturated carbocycles. The minimum atomic E-state index is -3.02. The molecule has 5 heteroatoms. The van der Waals surface area contributed by atoms with Crippen molar-refractivity contribution in [2.24, 2.45) is 0 Å². The molecule has 2 rings (SSSR count). The fraction of sp³-hybridized carbons (Fsp3) is 0.647. The number of nitrogens with zero attached hydrogens (tertiary/aromatic N) is 1. The molecule has 0 amide bonds. The van der Waals surface area contributed by atoms with Crippen LogP contribution >= 0.6 is 7.60 Å². The Labute approximate surface area is 134 Å². The Kier molecular flexibility index (Phi) is 6.22. The molecule has 0 spiro atoms. The molecule has 22 heavy (non-hydrogen) atoms. The zero-order valence-corrected chi connectivity index (χ0v) is 15.1. The first-order chi connectivity index (χ1) is 10.5. The van der Waals surface area contributed by atoms with Gasteiger partial charge in [-0.25, -0.2) is 0 Å². The molecule has 4 nitrogen and oxygen atoms in total. The highest BCUT2D eigenvalue weighted by molar-refractivity contribution is 7.53. The fourth-order valence-corrected chi connectivity index (χ4v) is 4.60. The third-order valence-electron chi connectivity index (χ3n) is 4.07. The molecule has 0 saturated heterocycles. The van der Waals surface area contributed by atoms with Gasteiger partial charge < -0.3 is 9.05 Å². The minimum absolute atomic E-state index is 0.357. The molecular weight excluding hydrogens is 297 g/mol. The van der Waals surface area contributed by atoms with Crippen molar-refractivity contribution in [3.8, 4) is 0 Å². The van der Waals surface area contributed by atoms with Crippen molar-refractivity contribution in [2.45, 2.75) is 52.9 Å². The Hall–Kier alpha value is -0.670. The highest BCUT2D eigenvalue weighted by atomic mass is 31.2. The van der Waals surface area contributed by atoms with Crippen molar-refractivity contribution in [1.29, 1.82) is 0 Å². The molecule has 0 N–H and O–H groups in total. The van der Waals surface area contributed by atoms with Crippen molar-refractivity contribution in [2.75, 3.05) is 19.8 Å². The number of hydrogen-bond donors (Lipinski definition) is 0. The molecule has 1 aliphatic heterocycles. The second kappa shape index (κ2) is 7.74. The van der Waals surface area contributed by atoms with Gasteiger partial charge >= 0.3 is 7.60 Å². The normalized spacial score (nSPS) is 16.0. The van der Waals surface area contributed by atoms with Gasteiger partial charge in [0.2, 0.25) is 0 Å². The summed E-state index contributed by atoms with van der Waals surface area (Å²) in [5, 5.41) is 0. The van der Waals surface area contributed by atoms with Gasteiger partial charge in [0.1, 0.15) is 0 Å². The lowest BCUT2D eigenvalue weighted by atomic mass is 9.97. The van der Waals surface area contributed by atoms with Crippen LogP contribution in [0.15, 0.2) is 18.2 Å². The lowest BCUT2D eigenvalue weighted by molar-refractivity contribution is 0.203. The fourth-order valence-electron chi connectivity index (χ4n) is 2.91. The average molecular weight is 325 g/mol. The summed E-state index contributed by atoms with van der Waals surface area (Å²) in [7, 11) is -3.02. The van der Waals surface area contributed by atoms with Crippen LogP contribution in [0.3, 0.4) is 0 Å². The van der Waals surface area contributed by atoms with Gasteiger partial charge in [-0.2, -0.15) is 0 Å². The number of fused-ring (bicyclic) bond motifs is 1. The van der Waals surface area contributed by atoms with E-state index in [1.807, 2.05) is 13.8 Å². The average Bonchev–Trinajstić information content (AvgIpc) is 2.46. The van der Waals surface area contributed by atoms with Gasteiger partial charge in [-0.15, -0.1) is 0 Å². The van der Waals surface area contributed by atoms with E-state index in [1.54, 1.807) is 0 Å². The Morgan fingerprint density at radius 1 is 1.18 bits per heavy atom. The van der Waals surface area contributed by atoms with Crippen molar-refractivity contribution in [1.82, 2.24) is 4.90 Å². The van der Waals surface area contributed by atoms with Crippen LogP contribution in [0.2, 0.25) is 0 Å². The summed E-state index contributed by atoms with van der Waals surface area (Å²) < 4.78 is 23.4. The lowest BCUT2D eigenvalue weighted by Crippen LogP contribution is -2.35. The van der Waals surface area contributed by atoms with E-state index in [2.05, 4.69) is 36.9 Å². The van der Waals surface area contributed by atoms with E-state index in [9.17, 15) is 4.57 Å². The van der Waals surface area contributed by atoms with E-state index in [0.29, 0.717) is 25.4 Å². The van der Waals surface area contributed by atoms with Gasteiger partial charge in [0.25, 0.3) is 0 Å². The third-order valence-corrected chi connectivity index (χ3v) is 6.13. The molecule has 124 valence electrons. The molecule has 0 radical (unpaired) electrons. The zero-order chi connectivity index (χ0) is 16.2. The maximum atomic E-state index is 12.6. The van der Waals surface area contributed by atoms with E-state index < -0.39 is 7.60 Å². The summed E-state index contributed by atoms with van der Waals surface area (Å²) in [5.41, 5.74) is 3.79. The van der Waals surface area contributed by atoms with Crippen molar-refractivity contribution in [3.05, 3.63) is 34.9 Å². The largest absolute Gasteiger partial charge is 0.335 e. The van der Waals surface area contributed by atoms with Crippen LogP contribution in [0, 0.1) is 0 Å². The quantitative estimate of drug-likeness (QED) is 0.704. The summed E-state index contributed by atoms with van der Waals surface area (Å²) in [6.45, 7) is 11.1. The molecule has 0 fully saturated rings. The molecule has 0 aliphatic carbocycles. The van der Waals surface area contributed by atoms with Crippen LogP contribution < -0.4 is 0 Å². The highest BCUT2D eigenvalue weighted by Gasteiger charge is 2.25. The summed E-state index contributed by atoms with van der Waals surface area (Å²) >= 11 is 0. The predicted molar refractivity (Wildman–Crippen MR) is 90.3 cm³/mol. The van der Waals surface area contributed by atoms with Crippen LogP contribution in [0.5, 0.6) is 0 Å². The first-order valence-corrected chi connectivity index (χ1v) is 9.93. The molecule has 1 heterocycles. The first-order valence-electron chi connectivity index (χ1n) is 8.20. The van der Waals surface area contributed by atoms with Crippen molar-refractivity contribution < 1.29 is 13.6 Å². The highest BCUT2D eigenvalue weighted by Crippen LogP contribution is 2.51. The van der Waals surface area contributed by atoms with E-state index >= 15 is 0 Å². The first kappa shape index (κ1) is 17.7. The summed E-state index contributed by atoms with van der Waals surface area (Å²) in [4.78, 5) is 2.48. The number of hydrogen-bond acceptors (Lipinski definition) is 4. The second-order valence-corrected chi connectivity index (χ2v) is 8.08. The summed E-state index contributed by atoms with van der Waals surface area (Å²) in [6, 6.07) is 6.98. The number of benzene rings is 1. The molecule has 1 aliphatic rings. The Balaban J connectivity index is 2.13. The van der Waals surface area contributed by atoms with Gasteiger partial charge in [0.15, 0.2) is 0 Å². The third kappa shape index (κ3) is 4.42. The van der Waals surface area contributed by atoms with Gasteiger partial charge in [-0.3, -0.25) is 9.46 Å². The van der Waals surface area contributed by atoms with Crippen LogP contribution in [-0.4, -0.2) is 30.7 Å². The van der Waals surface area contributed by atoms with E-state index in [1.165, 1.54) is 11.1 Å². The number of rotatable bonds is 7. The van der Waals surface area contributed by atoms with Crippen LogP contribution in [-0.2, 0) is 32.7 Å². The Morgan fingerprint density at radius 3 is 2.45 bits per heavy atom. The summed E-state index contributed by atoms with van der Waals surface area (Å²) in [6.07, 6.45) is 1.41. The van der Waals surface area contributed by atoms with Crippen LogP contribution in [0.1, 0.15) is 44.4 Å². The van der Waals surface area contributed by atoms with E-state index in [4.69, 9.17) is 9.05 Å². The van der Waals surface area contributed by atoms with E-state index in [-0.39, 0.29) is 0 Å². The molecule has 0 bridgehead atoms. The van der Waals surface area contributed by atoms with Gasteiger partial charge in [-0.05, 0) is 50.8 Å². The Bertz CT molecular complexity index is 535. The Morgan fingerprint density at radius 2 is 1.86 bits per heavy atom. The zero-order valence-electron chi connectivity index (χ0n) is 14.2. The molecule has 1 aromatic rings. The minimum Gasteiger partial charge on any atom is -0.309 e. The smallest absolute Gasteiger partial charge is 0.309 e.